The average molecular weight is 330 g/mol. The quantitative estimate of drug-likeness (QED) is 0.851. The summed E-state index contributed by atoms with van der Waals surface area (Å²) in [6, 6.07) is 10.0. The monoisotopic (exact) mass is 328 g/mol. The van der Waals surface area contributed by atoms with E-state index in [1.165, 1.54) is 0 Å². The molecule has 0 spiro atoms. The molecule has 2 aromatic rings. The van der Waals surface area contributed by atoms with E-state index in [9.17, 15) is 9.50 Å². The third-order valence-corrected chi connectivity index (χ3v) is 3.81. The van der Waals surface area contributed by atoms with Gasteiger partial charge in [0.25, 0.3) is 0 Å². The number of benzene rings is 2. The van der Waals surface area contributed by atoms with Crippen LogP contribution in [0.3, 0.4) is 0 Å². The summed E-state index contributed by atoms with van der Waals surface area (Å²) in [7, 11) is 0. The number of aliphatic hydroxyl groups excluding tert-OH is 1. The highest BCUT2D eigenvalue weighted by Gasteiger charge is 2.17. The van der Waals surface area contributed by atoms with Gasteiger partial charge in [0.2, 0.25) is 0 Å². The van der Waals surface area contributed by atoms with Crippen LogP contribution in [0.25, 0.3) is 0 Å². The summed E-state index contributed by atoms with van der Waals surface area (Å²) in [4.78, 5) is 0. The molecule has 0 saturated heterocycles. The third-order valence-electron chi connectivity index (χ3n) is 2.79. The van der Waals surface area contributed by atoms with Crippen molar-refractivity contribution in [1.29, 1.82) is 0 Å². The van der Waals surface area contributed by atoms with Gasteiger partial charge >= 0.3 is 0 Å². The van der Waals surface area contributed by atoms with Crippen LogP contribution in [0.4, 0.5) is 4.39 Å². The predicted octanol–water partition coefficient (Wildman–Crippen LogP) is 4.63. The van der Waals surface area contributed by atoms with Gasteiger partial charge < -0.3 is 5.11 Å². The number of aliphatic hydroxyl groups is 1. The average Bonchev–Trinajstić information content (AvgIpc) is 2.35. The summed E-state index contributed by atoms with van der Waals surface area (Å²) in [6.45, 7) is 1.87. The second-order valence-corrected chi connectivity index (χ2v) is 5.32. The van der Waals surface area contributed by atoms with Gasteiger partial charge in [0.05, 0.1) is 4.47 Å². The molecule has 0 aromatic heterocycles. The van der Waals surface area contributed by atoms with Gasteiger partial charge in [-0.15, -0.1) is 0 Å². The number of aryl methyl sites for hydroxylation is 1. The summed E-state index contributed by atoms with van der Waals surface area (Å²) in [5.41, 5.74) is 1.72. The second-order valence-electron chi connectivity index (χ2n) is 4.05. The SMILES string of the molecule is Cc1ccc(C(O)c2cccc(Br)c2F)cc1Cl. The van der Waals surface area contributed by atoms with Gasteiger partial charge in [-0.3, -0.25) is 0 Å². The summed E-state index contributed by atoms with van der Waals surface area (Å²) in [5, 5.41) is 10.8. The van der Waals surface area contributed by atoms with E-state index in [2.05, 4.69) is 15.9 Å². The number of halogens is 3. The standard InChI is InChI=1S/C14H11BrClFO/c1-8-5-6-9(7-12(8)16)14(18)10-3-2-4-11(15)13(10)17/h2-7,14,18H,1H3. The van der Waals surface area contributed by atoms with Crippen LogP contribution in [0.2, 0.25) is 5.02 Å². The van der Waals surface area contributed by atoms with Crippen molar-refractivity contribution in [1.82, 2.24) is 0 Å². The fourth-order valence-corrected chi connectivity index (χ4v) is 2.26. The summed E-state index contributed by atoms with van der Waals surface area (Å²) >= 11 is 9.10. The van der Waals surface area contributed by atoms with Gasteiger partial charge in [-0.25, -0.2) is 4.39 Å². The fourth-order valence-electron chi connectivity index (χ4n) is 1.69. The van der Waals surface area contributed by atoms with Crippen molar-refractivity contribution in [2.75, 3.05) is 0 Å². The van der Waals surface area contributed by atoms with E-state index in [1.54, 1.807) is 36.4 Å². The molecule has 0 aliphatic heterocycles. The zero-order chi connectivity index (χ0) is 13.3. The number of hydrogen-bond donors (Lipinski definition) is 1. The minimum absolute atomic E-state index is 0.226. The van der Waals surface area contributed by atoms with E-state index in [1.807, 2.05) is 6.92 Å². The van der Waals surface area contributed by atoms with Crippen LogP contribution in [0, 0.1) is 12.7 Å². The van der Waals surface area contributed by atoms with E-state index >= 15 is 0 Å². The molecule has 0 bridgehead atoms. The molecule has 0 amide bonds. The van der Waals surface area contributed by atoms with E-state index < -0.39 is 11.9 Å². The molecular weight excluding hydrogens is 319 g/mol. The largest absolute Gasteiger partial charge is 0.384 e. The van der Waals surface area contributed by atoms with Crippen molar-refractivity contribution < 1.29 is 9.50 Å². The van der Waals surface area contributed by atoms with Gasteiger partial charge in [-0.1, -0.05) is 35.9 Å². The summed E-state index contributed by atoms with van der Waals surface area (Å²) in [6.07, 6.45) is -1.03. The Morgan fingerprint density at radius 1 is 1.28 bits per heavy atom. The lowest BCUT2D eigenvalue weighted by Crippen LogP contribution is -2.03. The normalized spacial score (nSPS) is 12.5. The van der Waals surface area contributed by atoms with Crippen LogP contribution >= 0.6 is 27.5 Å². The lowest BCUT2D eigenvalue weighted by Gasteiger charge is -2.14. The highest BCUT2D eigenvalue weighted by molar-refractivity contribution is 9.10. The Kier molecular flexibility index (Phi) is 4.05. The molecule has 0 radical (unpaired) electrons. The predicted molar refractivity (Wildman–Crippen MR) is 74.4 cm³/mol. The van der Waals surface area contributed by atoms with Crippen molar-refractivity contribution in [3.05, 3.63) is 68.4 Å². The second kappa shape index (κ2) is 5.39. The van der Waals surface area contributed by atoms with Crippen LogP contribution in [-0.2, 0) is 0 Å². The molecule has 0 aliphatic carbocycles. The Bertz CT molecular complexity index is 586. The van der Waals surface area contributed by atoms with Gasteiger partial charge in [-0.05, 0) is 46.1 Å². The highest BCUT2D eigenvalue weighted by atomic mass is 79.9. The van der Waals surface area contributed by atoms with Crippen LogP contribution < -0.4 is 0 Å². The molecule has 1 nitrogen and oxygen atoms in total. The minimum atomic E-state index is -1.03. The van der Waals surface area contributed by atoms with Gasteiger partial charge in [0.15, 0.2) is 0 Å². The molecule has 94 valence electrons. The molecule has 1 atom stereocenters. The first-order chi connectivity index (χ1) is 8.50. The van der Waals surface area contributed by atoms with Crippen molar-refractivity contribution in [2.24, 2.45) is 0 Å². The van der Waals surface area contributed by atoms with Crippen molar-refractivity contribution in [3.63, 3.8) is 0 Å². The first-order valence-corrected chi connectivity index (χ1v) is 6.56. The summed E-state index contributed by atoms with van der Waals surface area (Å²) < 4.78 is 14.2. The minimum Gasteiger partial charge on any atom is -0.384 e. The third kappa shape index (κ3) is 2.58. The van der Waals surface area contributed by atoms with Crippen molar-refractivity contribution in [2.45, 2.75) is 13.0 Å². The van der Waals surface area contributed by atoms with E-state index in [4.69, 9.17) is 11.6 Å². The maximum Gasteiger partial charge on any atom is 0.143 e. The Balaban J connectivity index is 2.44. The van der Waals surface area contributed by atoms with Crippen LogP contribution in [0.5, 0.6) is 0 Å². The van der Waals surface area contributed by atoms with Crippen LogP contribution in [0.15, 0.2) is 40.9 Å². The highest BCUT2D eigenvalue weighted by Crippen LogP contribution is 2.30. The van der Waals surface area contributed by atoms with Crippen LogP contribution in [0.1, 0.15) is 22.8 Å². The van der Waals surface area contributed by atoms with E-state index in [0.717, 1.165) is 5.56 Å². The Hall–Kier alpha value is -0.900. The zero-order valence-corrected chi connectivity index (χ0v) is 12.0. The first kappa shape index (κ1) is 13.5. The van der Waals surface area contributed by atoms with E-state index in [0.29, 0.717) is 15.1 Å². The lowest BCUT2D eigenvalue weighted by molar-refractivity contribution is 0.214. The van der Waals surface area contributed by atoms with Gasteiger partial charge in [0, 0.05) is 10.6 Å². The van der Waals surface area contributed by atoms with Gasteiger partial charge in [0.1, 0.15) is 11.9 Å². The Labute approximate surface area is 118 Å². The Morgan fingerprint density at radius 3 is 2.67 bits per heavy atom. The molecule has 0 heterocycles. The number of hydrogen-bond acceptors (Lipinski definition) is 1. The molecule has 2 rings (SSSR count). The summed E-state index contributed by atoms with van der Waals surface area (Å²) in [5.74, 6) is -0.457. The van der Waals surface area contributed by atoms with Crippen molar-refractivity contribution >= 4 is 27.5 Å². The maximum atomic E-state index is 13.9. The molecule has 4 heteroatoms. The van der Waals surface area contributed by atoms with Gasteiger partial charge in [-0.2, -0.15) is 0 Å². The first-order valence-electron chi connectivity index (χ1n) is 5.38. The van der Waals surface area contributed by atoms with Crippen LogP contribution in [-0.4, -0.2) is 5.11 Å². The Morgan fingerprint density at radius 2 is 2.00 bits per heavy atom. The zero-order valence-electron chi connectivity index (χ0n) is 9.62. The van der Waals surface area contributed by atoms with Crippen molar-refractivity contribution in [3.8, 4) is 0 Å². The molecule has 18 heavy (non-hydrogen) atoms. The molecule has 1 unspecified atom stereocenters. The topological polar surface area (TPSA) is 20.2 Å². The lowest BCUT2D eigenvalue weighted by atomic mass is 10.00. The molecule has 0 saturated carbocycles. The van der Waals surface area contributed by atoms with E-state index in [-0.39, 0.29) is 5.56 Å². The molecule has 1 N–H and O–H groups in total. The molecule has 0 aliphatic rings. The smallest absolute Gasteiger partial charge is 0.143 e. The number of rotatable bonds is 2. The maximum absolute atomic E-state index is 13.9. The fraction of sp³-hybridized carbons (Fsp3) is 0.143. The molecular formula is C14H11BrClFO. The molecule has 0 fully saturated rings. The molecule has 2 aromatic carbocycles.